The van der Waals surface area contributed by atoms with Crippen molar-refractivity contribution >= 4 is 34.9 Å². The molecule has 2 heterocycles. The lowest BCUT2D eigenvalue weighted by Gasteiger charge is -2.23. The van der Waals surface area contributed by atoms with Gasteiger partial charge in [0.05, 0.1) is 0 Å². The monoisotopic (exact) mass is 367 g/mol. The fraction of sp³-hybridized carbons (Fsp3) is 0.238. The second kappa shape index (κ2) is 7.30. The van der Waals surface area contributed by atoms with Crippen LogP contribution >= 0.6 is 11.3 Å². The maximum Gasteiger partial charge on any atom is 0.331 e. The number of para-hydroxylation sites is 1. The molecule has 1 aromatic carbocycles. The number of nitrogens with zero attached hydrogens (tertiary/aromatic N) is 1. The van der Waals surface area contributed by atoms with Crippen molar-refractivity contribution < 1.29 is 14.3 Å². The van der Waals surface area contributed by atoms with E-state index in [-0.39, 0.29) is 17.8 Å². The standard InChI is InChI=1S/C21H21NO3S/c1-21(2)17-8-4-5-9-18(17)22(3)19(21)13-15(23)14-25-20(24)11-10-16-7-6-12-26-16/h4-13H,14H2,1-3H3/b11-10?,19-13+. The van der Waals surface area contributed by atoms with Gasteiger partial charge in [0, 0.05) is 40.9 Å². The van der Waals surface area contributed by atoms with Crippen molar-refractivity contribution in [1.82, 2.24) is 0 Å². The van der Waals surface area contributed by atoms with Crippen molar-refractivity contribution in [3.8, 4) is 0 Å². The summed E-state index contributed by atoms with van der Waals surface area (Å²) in [5.41, 5.74) is 2.89. The topological polar surface area (TPSA) is 46.6 Å². The summed E-state index contributed by atoms with van der Waals surface area (Å²) < 4.78 is 5.06. The van der Waals surface area contributed by atoms with E-state index in [0.717, 1.165) is 16.3 Å². The molecular weight excluding hydrogens is 346 g/mol. The number of allylic oxidation sites excluding steroid dienone is 1. The molecule has 0 unspecified atom stereocenters. The number of esters is 1. The predicted octanol–water partition coefficient (Wildman–Crippen LogP) is 4.19. The van der Waals surface area contributed by atoms with Crippen LogP contribution in [0.1, 0.15) is 24.3 Å². The average Bonchev–Trinajstić information content (AvgIpc) is 3.21. The van der Waals surface area contributed by atoms with Gasteiger partial charge in [-0.2, -0.15) is 0 Å². The maximum atomic E-state index is 12.3. The van der Waals surface area contributed by atoms with Gasteiger partial charge in [-0.25, -0.2) is 4.79 Å². The van der Waals surface area contributed by atoms with E-state index in [9.17, 15) is 9.59 Å². The molecule has 0 N–H and O–H groups in total. The first kappa shape index (κ1) is 18.1. The molecule has 0 bridgehead atoms. The van der Waals surface area contributed by atoms with Crippen molar-refractivity contribution in [2.45, 2.75) is 19.3 Å². The minimum Gasteiger partial charge on any atom is -0.454 e. The number of fused-ring (bicyclic) bond motifs is 1. The molecule has 1 aliphatic heterocycles. The van der Waals surface area contributed by atoms with Crippen LogP contribution in [0, 0.1) is 0 Å². The molecule has 0 amide bonds. The molecule has 0 saturated heterocycles. The number of ketones is 1. The summed E-state index contributed by atoms with van der Waals surface area (Å²) in [6.45, 7) is 3.91. The van der Waals surface area contributed by atoms with Crippen LogP contribution in [-0.2, 0) is 19.7 Å². The zero-order valence-corrected chi connectivity index (χ0v) is 15.9. The molecule has 3 rings (SSSR count). The fourth-order valence-corrected chi connectivity index (χ4v) is 3.80. The van der Waals surface area contributed by atoms with Gasteiger partial charge in [-0.05, 0) is 29.2 Å². The Morgan fingerprint density at radius 1 is 1.19 bits per heavy atom. The molecular formula is C21H21NO3S. The largest absolute Gasteiger partial charge is 0.454 e. The van der Waals surface area contributed by atoms with Crippen LogP contribution in [0.2, 0.25) is 0 Å². The lowest BCUT2D eigenvalue weighted by atomic mass is 9.83. The van der Waals surface area contributed by atoms with Crippen LogP contribution < -0.4 is 4.90 Å². The Labute approximate surface area is 157 Å². The van der Waals surface area contributed by atoms with Crippen molar-refractivity contribution in [1.29, 1.82) is 0 Å². The molecule has 0 radical (unpaired) electrons. The number of thiophene rings is 1. The van der Waals surface area contributed by atoms with Crippen molar-refractivity contribution in [3.05, 3.63) is 70.1 Å². The highest BCUT2D eigenvalue weighted by Gasteiger charge is 2.38. The Morgan fingerprint density at radius 2 is 1.96 bits per heavy atom. The van der Waals surface area contributed by atoms with E-state index in [4.69, 9.17) is 4.74 Å². The van der Waals surface area contributed by atoms with Crippen LogP contribution in [0.4, 0.5) is 5.69 Å². The Morgan fingerprint density at radius 3 is 2.65 bits per heavy atom. The summed E-state index contributed by atoms with van der Waals surface area (Å²) >= 11 is 1.53. The number of rotatable bonds is 5. The van der Waals surface area contributed by atoms with Gasteiger partial charge >= 0.3 is 5.97 Å². The fourth-order valence-electron chi connectivity index (χ4n) is 3.18. The number of anilines is 1. The third-order valence-electron chi connectivity index (χ3n) is 4.52. The van der Waals surface area contributed by atoms with E-state index >= 15 is 0 Å². The summed E-state index contributed by atoms with van der Waals surface area (Å²) in [4.78, 5) is 27.1. The Balaban J connectivity index is 1.65. The molecule has 4 nitrogen and oxygen atoms in total. The molecule has 5 heteroatoms. The molecule has 0 aliphatic carbocycles. The van der Waals surface area contributed by atoms with Crippen LogP contribution in [-0.4, -0.2) is 25.4 Å². The number of hydrogen-bond donors (Lipinski definition) is 0. The number of carbonyl (C=O) groups is 2. The number of likely N-dealkylation sites (N-methyl/N-ethyl adjacent to an activating group) is 1. The van der Waals surface area contributed by atoms with E-state index < -0.39 is 5.97 Å². The molecule has 0 fully saturated rings. The molecule has 134 valence electrons. The third-order valence-corrected chi connectivity index (χ3v) is 5.36. The van der Waals surface area contributed by atoms with E-state index in [1.54, 1.807) is 12.2 Å². The van der Waals surface area contributed by atoms with Gasteiger partial charge in [0.1, 0.15) is 0 Å². The lowest BCUT2D eigenvalue weighted by molar-refractivity contribution is -0.141. The van der Waals surface area contributed by atoms with Gasteiger partial charge in [0.2, 0.25) is 0 Å². The van der Waals surface area contributed by atoms with Crippen molar-refractivity contribution in [2.24, 2.45) is 0 Å². The van der Waals surface area contributed by atoms with E-state index in [2.05, 4.69) is 19.9 Å². The van der Waals surface area contributed by atoms with E-state index in [0.29, 0.717) is 0 Å². The average molecular weight is 367 g/mol. The van der Waals surface area contributed by atoms with Crippen molar-refractivity contribution in [3.63, 3.8) is 0 Å². The molecule has 26 heavy (non-hydrogen) atoms. The first-order valence-corrected chi connectivity index (χ1v) is 9.24. The summed E-state index contributed by atoms with van der Waals surface area (Å²) in [7, 11) is 1.95. The van der Waals surface area contributed by atoms with Gasteiger partial charge in [-0.1, -0.05) is 38.1 Å². The van der Waals surface area contributed by atoms with Crippen LogP contribution in [0.3, 0.4) is 0 Å². The first-order valence-electron chi connectivity index (χ1n) is 8.36. The molecule has 2 aromatic rings. The van der Waals surface area contributed by atoms with Gasteiger partial charge < -0.3 is 9.64 Å². The van der Waals surface area contributed by atoms with Gasteiger partial charge in [0.25, 0.3) is 0 Å². The van der Waals surface area contributed by atoms with Crippen LogP contribution in [0.25, 0.3) is 6.08 Å². The predicted molar refractivity (Wildman–Crippen MR) is 105 cm³/mol. The van der Waals surface area contributed by atoms with Gasteiger partial charge in [0.15, 0.2) is 12.4 Å². The molecule has 0 atom stereocenters. The van der Waals surface area contributed by atoms with Crippen LogP contribution in [0.15, 0.2) is 59.6 Å². The summed E-state index contributed by atoms with van der Waals surface area (Å²) in [6.07, 6.45) is 4.60. The molecule has 1 aromatic heterocycles. The number of carbonyl (C=O) groups excluding carboxylic acids is 2. The number of ether oxygens (including phenoxy) is 1. The second-order valence-corrected chi connectivity index (χ2v) is 7.63. The minimum atomic E-state index is -0.521. The maximum absolute atomic E-state index is 12.3. The highest BCUT2D eigenvalue weighted by Crippen LogP contribution is 2.46. The summed E-state index contributed by atoms with van der Waals surface area (Å²) in [5.74, 6) is -0.752. The zero-order valence-electron chi connectivity index (χ0n) is 15.1. The van der Waals surface area contributed by atoms with E-state index in [1.165, 1.54) is 23.0 Å². The minimum absolute atomic E-state index is 0.231. The summed E-state index contributed by atoms with van der Waals surface area (Å²) in [5, 5.41) is 1.93. The molecule has 1 aliphatic rings. The van der Waals surface area contributed by atoms with Crippen molar-refractivity contribution in [2.75, 3.05) is 18.6 Å². The third kappa shape index (κ3) is 3.63. The second-order valence-electron chi connectivity index (χ2n) is 6.65. The normalized spacial score (nSPS) is 16.9. The quantitative estimate of drug-likeness (QED) is 0.587. The number of benzene rings is 1. The molecule has 0 saturated carbocycles. The zero-order chi connectivity index (χ0) is 18.7. The van der Waals surface area contributed by atoms with Gasteiger partial charge in [-0.3, -0.25) is 4.79 Å². The van der Waals surface area contributed by atoms with E-state index in [1.807, 2.05) is 47.7 Å². The number of hydrogen-bond acceptors (Lipinski definition) is 5. The Kier molecular flexibility index (Phi) is 5.09. The van der Waals surface area contributed by atoms with Gasteiger partial charge in [-0.15, -0.1) is 11.3 Å². The highest BCUT2D eigenvalue weighted by molar-refractivity contribution is 7.10. The smallest absolute Gasteiger partial charge is 0.331 e. The summed E-state index contributed by atoms with van der Waals surface area (Å²) in [6, 6.07) is 11.9. The van der Waals surface area contributed by atoms with Crippen LogP contribution in [0.5, 0.6) is 0 Å². The Bertz CT molecular complexity index is 878. The lowest BCUT2D eigenvalue weighted by Crippen LogP contribution is -2.25. The first-order chi connectivity index (χ1) is 12.4. The molecule has 0 spiro atoms. The Hall–Kier alpha value is -2.66. The SMILES string of the molecule is CN1/C(=C/C(=O)COC(=O)C=Cc2cccs2)C(C)(C)c2ccccc21. The highest BCUT2D eigenvalue weighted by atomic mass is 32.1.